The summed E-state index contributed by atoms with van der Waals surface area (Å²) in [4.78, 5) is 12.6. The van der Waals surface area contributed by atoms with Gasteiger partial charge in [0.2, 0.25) is 5.91 Å². The van der Waals surface area contributed by atoms with Crippen molar-refractivity contribution in [3.63, 3.8) is 0 Å². The molecule has 1 heterocycles. The van der Waals surface area contributed by atoms with E-state index in [2.05, 4.69) is 5.32 Å². The Hall–Kier alpha value is -1.26. The largest absolute Gasteiger partial charge is 0.370 e. The van der Waals surface area contributed by atoms with E-state index >= 15 is 0 Å². The Bertz CT molecular complexity index is 208. The van der Waals surface area contributed by atoms with Crippen LogP contribution in [-0.4, -0.2) is 35.9 Å². The first kappa shape index (κ1) is 9.83. The van der Waals surface area contributed by atoms with E-state index in [1.165, 1.54) is 6.92 Å². The van der Waals surface area contributed by atoms with Crippen LogP contribution in [0.4, 0.5) is 0 Å². The van der Waals surface area contributed by atoms with Gasteiger partial charge < -0.3 is 16.0 Å². The molecule has 0 atom stereocenters. The minimum Gasteiger partial charge on any atom is -0.370 e. The molecule has 0 unspecified atom stereocenters. The summed E-state index contributed by atoms with van der Waals surface area (Å²) in [5, 5.41) is 10.1. The molecule has 0 saturated carbocycles. The van der Waals surface area contributed by atoms with Gasteiger partial charge in [0.25, 0.3) is 0 Å². The minimum atomic E-state index is 0.0151. The first-order chi connectivity index (χ1) is 6.09. The van der Waals surface area contributed by atoms with Gasteiger partial charge in [-0.3, -0.25) is 10.2 Å². The monoisotopic (exact) mass is 184 g/mol. The summed E-state index contributed by atoms with van der Waals surface area (Å²) in [6.07, 6.45) is 1.75. The van der Waals surface area contributed by atoms with E-state index in [4.69, 9.17) is 11.1 Å². The molecule has 1 rings (SSSR count). The average Bonchev–Trinajstić information content (AvgIpc) is 2.04. The zero-order valence-electron chi connectivity index (χ0n) is 7.84. The minimum absolute atomic E-state index is 0.0151. The van der Waals surface area contributed by atoms with Crippen molar-refractivity contribution in [1.29, 1.82) is 5.41 Å². The molecule has 0 radical (unpaired) electrons. The molecule has 1 fully saturated rings. The fraction of sp³-hybridized carbons (Fsp3) is 0.750. The van der Waals surface area contributed by atoms with E-state index in [0.29, 0.717) is 0 Å². The van der Waals surface area contributed by atoms with E-state index < -0.39 is 0 Å². The molecule has 13 heavy (non-hydrogen) atoms. The van der Waals surface area contributed by atoms with Gasteiger partial charge in [0.15, 0.2) is 5.96 Å². The van der Waals surface area contributed by atoms with Crippen LogP contribution in [0.3, 0.4) is 0 Å². The van der Waals surface area contributed by atoms with Gasteiger partial charge >= 0.3 is 0 Å². The summed E-state index contributed by atoms with van der Waals surface area (Å²) in [7, 11) is 0. The number of hydrogen-bond donors (Lipinski definition) is 3. The second kappa shape index (κ2) is 4.11. The molecule has 1 amide bonds. The molecule has 1 aliphatic heterocycles. The number of likely N-dealkylation sites (tertiary alicyclic amines) is 1. The van der Waals surface area contributed by atoms with Gasteiger partial charge in [-0.1, -0.05) is 0 Å². The predicted molar refractivity (Wildman–Crippen MR) is 50.3 cm³/mol. The lowest BCUT2D eigenvalue weighted by Gasteiger charge is -2.32. The maximum atomic E-state index is 10.7. The summed E-state index contributed by atoms with van der Waals surface area (Å²) in [5.41, 5.74) is 5.34. The van der Waals surface area contributed by atoms with Crippen molar-refractivity contribution in [3.05, 3.63) is 0 Å². The second-order valence-corrected chi connectivity index (χ2v) is 3.35. The highest BCUT2D eigenvalue weighted by Gasteiger charge is 2.19. The van der Waals surface area contributed by atoms with Gasteiger partial charge in [-0.05, 0) is 12.8 Å². The number of carbonyl (C=O) groups is 1. The molecule has 0 aromatic carbocycles. The fourth-order valence-electron chi connectivity index (χ4n) is 1.55. The van der Waals surface area contributed by atoms with Crippen molar-refractivity contribution in [2.75, 3.05) is 13.1 Å². The lowest BCUT2D eigenvalue weighted by molar-refractivity contribution is -0.119. The molecule has 1 saturated heterocycles. The highest BCUT2D eigenvalue weighted by atomic mass is 16.1. The van der Waals surface area contributed by atoms with Crippen molar-refractivity contribution in [3.8, 4) is 0 Å². The zero-order chi connectivity index (χ0) is 9.84. The lowest BCUT2D eigenvalue weighted by atomic mass is 10.1. The Morgan fingerprint density at radius 1 is 1.54 bits per heavy atom. The van der Waals surface area contributed by atoms with Gasteiger partial charge in [-0.25, -0.2) is 0 Å². The van der Waals surface area contributed by atoms with E-state index in [9.17, 15) is 4.79 Å². The maximum Gasteiger partial charge on any atom is 0.217 e. The van der Waals surface area contributed by atoms with Gasteiger partial charge in [0.05, 0.1) is 0 Å². The number of rotatable bonds is 1. The predicted octanol–water partition coefficient (Wildman–Crippen LogP) is -0.520. The average molecular weight is 184 g/mol. The number of nitrogens with two attached hydrogens (primary N) is 1. The van der Waals surface area contributed by atoms with Crippen LogP contribution in [0.5, 0.6) is 0 Å². The van der Waals surface area contributed by atoms with Gasteiger partial charge in [-0.2, -0.15) is 0 Å². The van der Waals surface area contributed by atoms with Crippen LogP contribution in [-0.2, 0) is 4.79 Å². The van der Waals surface area contributed by atoms with Crippen molar-refractivity contribution < 1.29 is 4.79 Å². The third kappa shape index (κ3) is 2.93. The first-order valence-corrected chi connectivity index (χ1v) is 4.45. The van der Waals surface area contributed by atoms with Gasteiger partial charge in [0, 0.05) is 26.1 Å². The Kier molecular flexibility index (Phi) is 3.11. The standard InChI is InChI=1S/C8H16N4O/c1-6(13)11-7-2-4-12(5-3-7)8(9)10/h7H,2-5H2,1H3,(H3,9,10)(H,11,13). The van der Waals surface area contributed by atoms with Crippen LogP contribution in [0, 0.1) is 5.41 Å². The van der Waals surface area contributed by atoms with E-state index in [1.807, 2.05) is 4.90 Å². The third-order valence-electron chi connectivity index (χ3n) is 2.24. The van der Waals surface area contributed by atoms with Crippen molar-refractivity contribution >= 4 is 11.9 Å². The molecule has 1 aliphatic rings. The van der Waals surface area contributed by atoms with E-state index in [-0.39, 0.29) is 17.9 Å². The molecule has 0 aromatic heterocycles. The number of carbonyl (C=O) groups excluding carboxylic acids is 1. The second-order valence-electron chi connectivity index (χ2n) is 3.35. The number of nitrogens with one attached hydrogen (secondary N) is 2. The third-order valence-corrected chi connectivity index (χ3v) is 2.24. The van der Waals surface area contributed by atoms with Crippen molar-refractivity contribution in [2.45, 2.75) is 25.8 Å². The van der Waals surface area contributed by atoms with E-state index in [0.717, 1.165) is 25.9 Å². The lowest BCUT2D eigenvalue weighted by Crippen LogP contribution is -2.48. The summed E-state index contributed by atoms with van der Waals surface area (Å²) in [5.74, 6) is 0.141. The Morgan fingerprint density at radius 2 is 2.08 bits per heavy atom. The molecule has 4 N–H and O–H groups in total. The Labute approximate surface area is 77.8 Å². The summed E-state index contributed by atoms with van der Waals surface area (Å²) in [6.45, 7) is 3.05. The molecule has 0 bridgehead atoms. The number of guanidine groups is 1. The van der Waals surface area contributed by atoms with E-state index in [1.54, 1.807) is 0 Å². The number of amides is 1. The molecular weight excluding hydrogens is 168 g/mol. The highest BCUT2D eigenvalue weighted by Crippen LogP contribution is 2.09. The normalized spacial score (nSPS) is 18.4. The van der Waals surface area contributed by atoms with Gasteiger partial charge in [0.1, 0.15) is 0 Å². The number of piperidine rings is 1. The summed E-state index contributed by atoms with van der Waals surface area (Å²) < 4.78 is 0. The van der Waals surface area contributed by atoms with Crippen molar-refractivity contribution in [1.82, 2.24) is 10.2 Å². The smallest absolute Gasteiger partial charge is 0.217 e. The van der Waals surface area contributed by atoms with Crippen LogP contribution in [0.25, 0.3) is 0 Å². The van der Waals surface area contributed by atoms with Crippen LogP contribution in [0.1, 0.15) is 19.8 Å². The molecule has 5 heteroatoms. The van der Waals surface area contributed by atoms with Crippen LogP contribution < -0.4 is 11.1 Å². The fourth-order valence-corrected chi connectivity index (χ4v) is 1.55. The Balaban J connectivity index is 2.30. The summed E-state index contributed by atoms with van der Waals surface area (Å²) >= 11 is 0. The number of nitrogens with zero attached hydrogens (tertiary/aromatic N) is 1. The SMILES string of the molecule is CC(=O)NC1CCN(C(=N)N)CC1. The van der Waals surface area contributed by atoms with Crippen molar-refractivity contribution in [2.24, 2.45) is 5.73 Å². The van der Waals surface area contributed by atoms with Crippen LogP contribution in [0.15, 0.2) is 0 Å². The van der Waals surface area contributed by atoms with Crippen LogP contribution >= 0.6 is 0 Å². The van der Waals surface area contributed by atoms with Gasteiger partial charge in [-0.15, -0.1) is 0 Å². The molecule has 5 nitrogen and oxygen atoms in total. The maximum absolute atomic E-state index is 10.7. The molecule has 0 spiro atoms. The molecule has 0 aromatic rings. The topological polar surface area (TPSA) is 82.2 Å². The first-order valence-electron chi connectivity index (χ1n) is 4.45. The zero-order valence-corrected chi connectivity index (χ0v) is 7.84. The molecule has 0 aliphatic carbocycles. The number of hydrogen-bond acceptors (Lipinski definition) is 2. The molecule has 74 valence electrons. The van der Waals surface area contributed by atoms with Crippen LogP contribution in [0.2, 0.25) is 0 Å². The molecular formula is C8H16N4O. The quantitative estimate of drug-likeness (QED) is 0.379. The Morgan fingerprint density at radius 3 is 2.46 bits per heavy atom. The highest BCUT2D eigenvalue weighted by molar-refractivity contribution is 5.75. The summed E-state index contributed by atoms with van der Waals surface area (Å²) in [6, 6.07) is 0.257.